The molecule has 1 nitrogen and oxygen atoms in total. The quantitative estimate of drug-likeness (QED) is 0.825. The molecule has 22 heavy (non-hydrogen) atoms. The number of nitrogens with one attached hydrogen (secondary N) is 1. The van der Waals surface area contributed by atoms with Crippen LogP contribution in [0.5, 0.6) is 0 Å². The van der Waals surface area contributed by atoms with Crippen molar-refractivity contribution in [3.8, 4) is 0 Å². The van der Waals surface area contributed by atoms with E-state index < -0.39 is 0 Å². The molecule has 1 aliphatic carbocycles. The minimum absolute atomic E-state index is 0.122. The van der Waals surface area contributed by atoms with Crippen molar-refractivity contribution in [3.05, 3.63) is 71.8 Å². The van der Waals surface area contributed by atoms with Crippen molar-refractivity contribution in [1.29, 1.82) is 0 Å². The van der Waals surface area contributed by atoms with Crippen molar-refractivity contribution >= 4 is 11.1 Å². The fraction of sp³-hybridized carbons (Fsp3) is 0.333. The van der Waals surface area contributed by atoms with Crippen molar-refractivity contribution in [1.82, 2.24) is 5.32 Å². The summed E-state index contributed by atoms with van der Waals surface area (Å²) in [5.41, 5.74) is 5.80. The van der Waals surface area contributed by atoms with E-state index in [1.54, 1.807) is 0 Å². The van der Waals surface area contributed by atoms with E-state index in [9.17, 15) is 0 Å². The second-order valence-electron chi connectivity index (χ2n) is 7.11. The van der Waals surface area contributed by atoms with E-state index in [0.29, 0.717) is 6.04 Å². The van der Waals surface area contributed by atoms with Crippen molar-refractivity contribution in [3.63, 3.8) is 0 Å². The monoisotopic (exact) mass is 291 g/mol. The van der Waals surface area contributed by atoms with E-state index in [1.165, 1.54) is 28.7 Å². The summed E-state index contributed by atoms with van der Waals surface area (Å²) >= 11 is 0. The number of hydrogen-bond acceptors (Lipinski definition) is 1. The van der Waals surface area contributed by atoms with Crippen LogP contribution in [-0.4, -0.2) is 11.6 Å². The van der Waals surface area contributed by atoms with Gasteiger partial charge in [0.15, 0.2) is 0 Å². The summed E-state index contributed by atoms with van der Waals surface area (Å²) in [7, 11) is 0. The maximum atomic E-state index is 3.81. The SMILES string of the molecule is CC(C)(C)NC1CCC(c2ccccc2)=C1c1ccccc1. The highest BCUT2D eigenvalue weighted by Crippen LogP contribution is 2.40. The maximum absolute atomic E-state index is 3.81. The summed E-state index contributed by atoms with van der Waals surface area (Å²) in [5.74, 6) is 0. The number of benzene rings is 2. The van der Waals surface area contributed by atoms with Crippen LogP contribution in [0.1, 0.15) is 44.7 Å². The van der Waals surface area contributed by atoms with Gasteiger partial charge in [-0.15, -0.1) is 0 Å². The molecular weight excluding hydrogens is 266 g/mol. The van der Waals surface area contributed by atoms with Crippen LogP contribution in [0, 0.1) is 0 Å². The molecule has 0 saturated carbocycles. The van der Waals surface area contributed by atoms with E-state index in [-0.39, 0.29) is 5.54 Å². The number of allylic oxidation sites excluding steroid dienone is 1. The zero-order chi connectivity index (χ0) is 15.6. The van der Waals surface area contributed by atoms with Crippen LogP contribution >= 0.6 is 0 Å². The third kappa shape index (κ3) is 3.31. The molecule has 1 heteroatoms. The summed E-state index contributed by atoms with van der Waals surface area (Å²) < 4.78 is 0. The lowest BCUT2D eigenvalue weighted by Gasteiger charge is -2.28. The first-order valence-electron chi connectivity index (χ1n) is 8.16. The summed E-state index contributed by atoms with van der Waals surface area (Å²) in [6.45, 7) is 6.74. The second-order valence-corrected chi connectivity index (χ2v) is 7.11. The molecule has 1 atom stereocenters. The zero-order valence-electron chi connectivity index (χ0n) is 13.8. The summed E-state index contributed by atoms with van der Waals surface area (Å²) in [5, 5.41) is 3.81. The molecule has 3 rings (SSSR count). The third-order valence-corrected chi connectivity index (χ3v) is 4.17. The van der Waals surface area contributed by atoms with E-state index in [4.69, 9.17) is 0 Å². The van der Waals surface area contributed by atoms with Gasteiger partial charge in [0.2, 0.25) is 0 Å². The van der Waals surface area contributed by atoms with Gasteiger partial charge in [-0.25, -0.2) is 0 Å². The lowest BCUT2D eigenvalue weighted by molar-refractivity contribution is 0.393. The van der Waals surface area contributed by atoms with Gasteiger partial charge < -0.3 is 5.32 Å². The van der Waals surface area contributed by atoms with Crippen molar-refractivity contribution < 1.29 is 0 Å². The van der Waals surface area contributed by atoms with Crippen molar-refractivity contribution in [2.75, 3.05) is 0 Å². The lowest BCUT2D eigenvalue weighted by Crippen LogP contribution is -2.43. The second kappa shape index (κ2) is 6.10. The molecule has 0 bridgehead atoms. The summed E-state index contributed by atoms with van der Waals surface area (Å²) in [6, 6.07) is 22.1. The molecule has 0 spiro atoms. The first-order valence-corrected chi connectivity index (χ1v) is 8.16. The normalized spacial score (nSPS) is 18.8. The van der Waals surface area contributed by atoms with Gasteiger partial charge in [-0.1, -0.05) is 60.7 Å². The Labute approximate surface area is 134 Å². The maximum Gasteiger partial charge on any atom is 0.0336 e. The zero-order valence-corrected chi connectivity index (χ0v) is 13.8. The highest BCUT2D eigenvalue weighted by molar-refractivity contribution is 5.95. The fourth-order valence-corrected chi connectivity index (χ4v) is 3.38. The Hall–Kier alpha value is -1.86. The Morgan fingerprint density at radius 1 is 0.818 bits per heavy atom. The van der Waals surface area contributed by atoms with Gasteiger partial charge in [0.1, 0.15) is 0 Å². The van der Waals surface area contributed by atoms with Crippen LogP contribution in [0.25, 0.3) is 11.1 Å². The smallest absolute Gasteiger partial charge is 0.0336 e. The molecule has 0 aliphatic heterocycles. The van der Waals surface area contributed by atoms with Gasteiger partial charge in [0, 0.05) is 11.6 Å². The minimum atomic E-state index is 0.122. The van der Waals surface area contributed by atoms with Crippen molar-refractivity contribution in [2.24, 2.45) is 0 Å². The summed E-state index contributed by atoms with van der Waals surface area (Å²) in [6.07, 6.45) is 2.31. The molecule has 2 aromatic rings. The van der Waals surface area contributed by atoms with Gasteiger partial charge in [0.05, 0.1) is 0 Å². The molecule has 2 aromatic carbocycles. The first-order chi connectivity index (χ1) is 10.5. The molecule has 1 aliphatic rings. The Morgan fingerprint density at radius 2 is 1.36 bits per heavy atom. The molecule has 1 unspecified atom stereocenters. The predicted molar refractivity (Wildman–Crippen MR) is 95.6 cm³/mol. The number of rotatable bonds is 3. The van der Waals surface area contributed by atoms with Crippen LogP contribution in [0.4, 0.5) is 0 Å². The van der Waals surface area contributed by atoms with Crippen LogP contribution in [0.2, 0.25) is 0 Å². The average Bonchev–Trinajstić information content (AvgIpc) is 2.90. The van der Waals surface area contributed by atoms with Crippen LogP contribution in [0.15, 0.2) is 60.7 Å². The Balaban J connectivity index is 2.07. The summed E-state index contributed by atoms with van der Waals surface area (Å²) in [4.78, 5) is 0. The van der Waals surface area contributed by atoms with Crippen molar-refractivity contribution in [2.45, 2.75) is 45.2 Å². The standard InChI is InChI=1S/C21H25N/c1-21(2,3)22-19-15-14-18(16-10-6-4-7-11-16)20(19)17-12-8-5-9-13-17/h4-13,19,22H,14-15H2,1-3H3. The topological polar surface area (TPSA) is 12.0 Å². The van der Waals surface area contributed by atoms with E-state index in [1.807, 2.05) is 0 Å². The molecule has 0 aromatic heterocycles. The molecule has 0 saturated heterocycles. The third-order valence-electron chi connectivity index (χ3n) is 4.17. The Morgan fingerprint density at radius 3 is 1.91 bits per heavy atom. The van der Waals surface area contributed by atoms with Gasteiger partial charge >= 0.3 is 0 Å². The molecule has 114 valence electrons. The lowest BCUT2D eigenvalue weighted by atomic mass is 9.94. The van der Waals surface area contributed by atoms with E-state index >= 15 is 0 Å². The Bertz CT molecular complexity index is 647. The first kappa shape index (κ1) is 15.1. The average molecular weight is 291 g/mol. The van der Waals surface area contributed by atoms with E-state index in [2.05, 4.69) is 86.8 Å². The van der Waals surface area contributed by atoms with Gasteiger partial charge in [-0.2, -0.15) is 0 Å². The van der Waals surface area contributed by atoms with Crippen LogP contribution < -0.4 is 5.32 Å². The van der Waals surface area contributed by atoms with Gasteiger partial charge in [-0.05, 0) is 55.9 Å². The van der Waals surface area contributed by atoms with Gasteiger partial charge in [-0.3, -0.25) is 0 Å². The van der Waals surface area contributed by atoms with E-state index in [0.717, 1.165) is 6.42 Å². The number of hydrogen-bond donors (Lipinski definition) is 1. The molecule has 1 N–H and O–H groups in total. The molecule has 0 radical (unpaired) electrons. The van der Waals surface area contributed by atoms with Crippen LogP contribution in [-0.2, 0) is 0 Å². The highest BCUT2D eigenvalue weighted by atomic mass is 15.0. The Kier molecular flexibility index (Phi) is 4.17. The van der Waals surface area contributed by atoms with Gasteiger partial charge in [0.25, 0.3) is 0 Å². The molecular formula is C21H25N. The molecule has 0 heterocycles. The highest BCUT2D eigenvalue weighted by Gasteiger charge is 2.29. The fourth-order valence-electron chi connectivity index (χ4n) is 3.38. The predicted octanol–water partition coefficient (Wildman–Crippen LogP) is 5.15. The largest absolute Gasteiger partial charge is 0.305 e. The molecule has 0 fully saturated rings. The minimum Gasteiger partial charge on any atom is -0.305 e. The van der Waals surface area contributed by atoms with Crippen LogP contribution in [0.3, 0.4) is 0 Å². The molecule has 0 amide bonds.